The number of allylic oxidation sites excluding steroid dienone is 1. The minimum absolute atomic E-state index is 0. The van der Waals surface area contributed by atoms with Crippen molar-refractivity contribution in [1.29, 1.82) is 0 Å². The summed E-state index contributed by atoms with van der Waals surface area (Å²) >= 11 is 0. The molecule has 0 radical (unpaired) electrons. The first-order chi connectivity index (χ1) is 14.2. The number of unbranched alkanes of at least 4 members (excludes halogenated alkanes) is 8. The first-order valence-electron chi connectivity index (χ1n) is 11.0. The Morgan fingerprint density at radius 2 is 1.74 bits per heavy atom. The normalized spacial score (nSPS) is 19.5. The second-order valence-corrected chi connectivity index (χ2v) is 9.61. The summed E-state index contributed by atoms with van der Waals surface area (Å²) in [6, 6.07) is 0. The smallest absolute Gasteiger partial charge is 0.748 e. The molecule has 0 aromatic rings. The molecular formula is C21H38N2NaO6S+. The number of nitrogens with zero attached hydrogens (tertiary/aromatic N) is 2. The van der Waals surface area contributed by atoms with Gasteiger partial charge in [0.15, 0.2) is 0 Å². The van der Waals surface area contributed by atoms with Gasteiger partial charge >= 0.3 is 29.6 Å². The fourth-order valence-corrected chi connectivity index (χ4v) is 4.65. The first-order valence-corrected chi connectivity index (χ1v) is 12.6. The van der Waals surface area contributed by atoms with Gasteiger partial charge in [0.05, 0.1) is 29.0 Å². The van der Waals surface area contributed by atoms with E-state index in [1.165, 1.54) is 25.7 Å². The molecule has 1 aliphatic heterocycles. The van der Waals surface area contributed by atoms with E-state index in [4.69, 9.17) is 0 Å². The van der Waals surface area contributed by atoms with Crippen LogP contribution in [0.2, 0.25) is 0 Å². The molecule has 0 bridgehead atoms. The minimum atomic E-state index is -4.58. The molecule has 8 nitrogen and oxygen atoms in total. The SMILES string of the molecule is C=CCCCCCCCCCCC(=O)C1=NCC[N+]1(CCO)CC(O)CS(=O)(=O)[O-].[Na+]. The number of aliphatic hydroxyl groups is 2. The average Bonchev–Trinajstić information content (AvgIpc) is 3.04. The van der Waals surface area contributed by atoms with E-state index in [1.54, 1.807) is 0 Å². The fourth-order valence-electron chi connectivity index (χ4n) is 4.07. The molecule has 2 N–H and O–H groups in total. The van der Waals surface area contributed by atoms with Crippen molar-refractivity contribution in [3.05, 3.63) is 12.7 Å². The van der Waals surface area contributed by atoms with Crippen molar-refractivity contribution in [3.8, 4) is 0 Å². The third kappa shape index (κ3) is 12.6. The van der Waals surface area contributed by atoms with E-state index in [2.05, 4.69) is 11.6 Å². The molecule has 0 aromatic carbocycles. The van der Waals surface area contributed by atoms with E-state index in [0.29, 0.717) is 19.5 Å². The molecule has 0 aliphatic carbocycles. The van der Waals surface area contributed by atoms with Gasteiger partial charge < -0.3 is 14.8 Å². The van der Waals surface area contributed by atoms with Crippen LogP contribution in [-0.4, -0.2) is 83.9 Å². The van der Waals surface area contributed by atoms with E-state index >= 15 is 0 Å². The molecule has 1 heterocycles. The van der Waals surface area contributed by atoms with Crippen molar-refractivity contribution < 1.29 is 62.0 Å². The van der Waals surface area contributed by atoms with Crippen molar-refractivity contribution in [1.82, 2.24) is 0 Å². The number of carbonyl (C=O) groups is 1. The topological polar surface area (TPSA) is 127 Å². The summed E-state index contributed by atoms with van der Waals surface area (Å²) in [7, 11) is -4.58. The van der Waals surface area contributed by atoms with Gasteiger partial charge in [0.2, 0.25) is 5.78 Å². The van der Waals surface area contributed by atoms with Gasteiger partial charge in [0.25, 0.3) is 5.84 Å². The van der Waals surface area contributed by atoms with Crippen molar-refractivity contribution in [3.63, 3.8) is 0 Å². The standard InChI is InChI=1S/C21H38N2O6S.Na/c1-2-3-4-5-6-7-8-9-10-11-12-20(26)21-22-13-14-23(21,15-16-24)17-19(25)18-30(27,28)29;/h2,19,24-25H,1,3-18H2;/q;+1. The van der Waals surface area contributed by atoms with Crippen LogP contribution in [-0.2, 0) is 14.9 Å². The van der Waals surface area contributed by atoms with Gasteiger partial charge in [-0.15, -0.1) is 6.58 Å². The third-order valence-electron chi connectivity index (χ3n) is 5.54. The van der Waals surface area contributed by atoms with Crippen molar-refractivity contribution in [2.75, 3.05) is 38.5 Å². The third-order valence-corrected chi connectivity index (χ3v) is 6.33. The molecule has 0 saturated heterocycles. The Kier molecular flexibility index (Phi) is 16.4. The van der Waals surface area contributed by atoms with Crippen molar-refractivity contribution in [2.24, 2.45) is 4.99 Å². The van der Waals surface area contributed by atoms with Gasteiger partial charge in [-0.1, -0.05) is 44.6 Å². The summed E-state index contributed by atoms with van der Waals surface area (Å²) in [4.78, 5) is 17.0. The van der Waals surface area contributed by atoms with Gasteiger partial charge in [-0.25, -0.2) is 13.4 Å². The molecule has 0 fully saturated rings. The summed E-state index contributed by atoms with van der Waals surface area (Å²) in [6.45, 7) is 4.32. The summed E-state index contributed by atoms with van der Waals surface area (Å²) in [5.74, 6) is -0.746. The molecule has 174 valence electrons. The Bertz CT molecular complexity index is 671. The number of carbonyl (C=O) groups excluding carboxylic acids is 1. The minimum Gasteiger partial charge on any atom is -0.748 e. The maximum absolute atomic E-state index is 12.7. The largest absolute Gasteiger partial charge is 1.00 e. The Balaban J connectivity index is 0.00000900. The zero-order valence-electron chi connectivity index (χ0n) is 19.0. The van der Waals surface area contributed by atoms with Gasteiger partial charge in [-0.05, 0) is 19.3 Å². The van der Waals surface area contributed by atoms with Crippen LogP contribution in [0.3, 0.4) is 0 Å². The number of aliphatic imine (C=N–C) groups is 1. The van der Waals surface area contributed by atoms with Crippen LogP contribution in [0, 0.1) is 0 Å². The number of rotatable bonds is 18. The van der Waals surface area contributed by atoms with E-state index in [-0.39, 0.29) is 65.4 Å². The Morgan fingerprint density at radius 1 is 1.16 bits per heavy atom. The van der Waals surface area contributed by atoms with Crippen LogP contribution >= 0.6 is 0 Å². The number of hydrogen-bond acceptors (Lipinski definition) is 7. The second-order valence-electron chi connectivity index (χ2n) is 8.16. The molecular weight excluding hydrogens is 431 g/mol. The molecule has 10 heteroatoms. The number of Topliss-reactive ketones (excluding diaryl/α,β-unsaturated/α-hetero) is 1. The summed E-state index contributed by atoms with van der Waals surface area (Å²) in [5, 5.41) is 19.5. The molecule has 2 unspecified atom stereocenters. The van der Waals surface area contributed by atoms with Gasteiger partial charge in [-0.3, -0.25) is 9.28 Å². The summed E-state index contributed by atoms with van der Waals surface area (Å²) < 4.78 is 32.7. The van der Waals surface area contributed by atoms with E-state index < -0.39 is 22.0 Å². The molecule has 31 heavy (non-hydrogen) atoms. The second kappa shape index (κ2) is 16.5. The molecule has 2 atom stereocenters. The molecule has 0 spiro atoms. The fraction of sp³-hybridized carbons (Fsp3) is 0.810. The van der Waals surface area contributed by atoms with Crippen molar-refractivity contribution >= 4 is 21.7 Å². The van der Waals surface area contributed by atoms with Crippen LogP contribution < -0.4 is 29.6 Å². The Labute approximate surface area is 209 Å². The quantitative estimate of drug-likeness (QED) is 0.0851. The number of aliphatic hydroxyl groups excluding tert-OH is 2. The zero-order valence-corrected chi connectivity index (χ0v) is 21.8. The van der Waals surface area contributed by atoms with E-state index in [9.17, 15) is 28.0 Å². The number of amidine groups is 1. The van der Waals surface area contributed by atoms with Gasteiger partial charge in [0, 0.05) is 6.42 Å². The van der Waals surface area contributed by atoms with Crippen LogP contribution in [0.25, 0.3) is 0 Å². The van der Waals surface area contributed by atoms with Crippen LogP contribution in [0.1, 0.15) is 64.2 Å². The Morgan fingerprint density at radius 3 is 2.29 bits per heavy atom. The zero-order chi connectivity index (χ0) is 22.5. The molecule has 1 rings (SSSR count). The van der Waals surface area contributed by atoms with Gasteiger partial charge in [-0.2, -0.15) is 0 Å². The number of ketones is 1. The first kappa shape index (κ1) is 30.9. The molecule has 1 aliphatic rings. The van der Waals surface area contributed by atoms with Gasteiger partial charge in [0.1, 0.15) is 25.7 Å². The summed E-state index contributed by atoms with van der Waals surface area (Å²) in [5.41, 5.74) is 0. The molecule has 0 amide bonds. The van der Waals surface area contributed by atoms with Crippen molar-refractivity contribution in [2.45, 2.75) is 70.3 Å². The predicted octanol–water partition coefficient (Wildman–Crippen LogP) is -1.23. The maximum atomic E-state index is 12.7. The monoisotopic (exact) mass is 469 g/mol. The van der Waals surface area contributed by atoms with Crippen LogP contribution in [0.5, 0.6) is 0 Å². The maximum Gasteiger partial charge on any atom is 1.00 e. The van der Waals surface area contributed by atoms with E-state index in [1.807, 2.05) is 6.08 Å². The molecule has 0 saturated carbocycles. The number of hydrogen-bond donors (Lipinski definition) is 2. The van der Waals surface area contributed by atoms with Crippen LogP contribution in [0.15, 0.2) is 17.6 Å². The summed E-state index contributed by atoms with van der Waals surface area (Å²) in [6.07, 6.45) is 10.8. The number of quaternary nitrogens is 1. The Hall–Kier alpha value is -0.130. The average molecular weight is 470 g/mol. The molecule has 0 aromatic heterocycles. The predicted molar refractivity (Wildman–Crippen MR) is 116 cm³/mol. The van der Waals surface area contributed by atoms with Crippen LogP contribution in [0.4, 0.5) is 0 Å². The van der Waals surface area contributed by atoms with E-state index in [0.717, 1.165) is 32.1 Å².